The number of nitro groups is 1. The van der Waals surface area contributed by atoms with Crippen molar-refractivity contribution in [3.05, 3.63) is 57.6 Å². The maximum absolute atomic E-state index is 12.7. The number of benzene rings is 2. The van der Waals surface area contributed by atoms with Crippen LogP contribution in [-0.2, 0) is 6.54 Å². The van der Waals surface area contributed by atoms with E-state index in [0.29, 0.717) is 17.2 Å². The Morgan fingerprint density at radius 3 is 2.68 bits per heavy atom. The lowest BCUT2D eigenvalue weighted by molar-refractivity contribution is -0.384. The zero-order valence-electron chi connectivity index (χ0n) is 15.5. The molecule has 1 amide bonds. The molecule has 1 aliphatic heterocycles. The van der Waals surface area contributed by atoms with Crippen molar-refractivity contribution < 1.29 is 24.3 Å². The summed E-state index contributed by atoms with van der Waals surface area (Å²) in [6, 6.07) is 9.31. The van der Waals surface area contributed by atoms with Gasteiger partial charge in [0.15, 0.2) is 11.5 Å². The average molecular weight is 387 g/mol. The smallest absolute Gasteiger partial charge is 0.270 e. The van der Waals surface area contributed by atoms with Crippen molar-refractivity contribution in [1.82, 2.24) is 5.32 Å². The highest BCUT2D eigenvalue weighted by Crippen LogP contribution is 2.32. The lowest BCUT2D eigenvalue weighted by atomic mass is 10.0. The van der Waals surface area contributed by atoms with E-state index in [1.165, 1.54) is 18.2 Å². The fourth-order valence-corrected chi connectivity index (χ4v) is 2.68. The van der Waals surface area contributed by atoms with Crippen molar-refractivity contribution in [3.8, 4) is 11.5 Å². The van der Waals surface area contributed by atoms with Crippen LogP contribution in [0.2, 0.25) is 0 Å². The predicted octanol–water partition coefficient (Wildman–Crippen LogP) is 2.44. The highest BCUT2D eigenvalue weighted by atomic mass is 16.7. The Kier molecular flexibility index (Phi) is 5.36. The van der Waals surface area contributed by atoms with Gasteiger partial charge in [-0.2, -0.15) is 0 Å². The molecule has 0 radical (unpaired) electrons. The first-order valence-corrected chi connectivity index (χ1v) is 8.63. The molecule has 28 heavy (non-hydrogen) atoms. The fraction of sp³-hybridized carbons (Fsp3) is 0.316. The Morgan fingerprint density at radius 2 is 1.96 bits per heavy atom. The van der Waals surface area contributed by atoms with Gasteiger partial charge in [0.05, 0.1) is 22.6 Å². The lowest BCUT2D eigenvalue weighted by Gasteiger charge is -2.26. The van der Waals surface area contributed by atoms with Crippen molar-refractivity contribution in [1.29, 1.82) is 0 Å². The average Bonchev–Trinajstić information content (AvgIpc) is 3.13. The fourth-order valence-electron chi connectivity index (χ4n) is 2.68. The number of nitrogens with zero attached hydrogens (tertiary/aromatic N) is 1. The Hall–Kier alpha value is -3.33. The van der Waals surface area contributed by atoms with Crippen molar-refractivity contribution in [2.45, 2.75) is 25.9 Å². The molecule has 2 aromatic rings. The summed E-state index contributed by atoms with van der Waals surface area (Å²) in [6.07, 6.45) is 0. The van der Waals surface area contributed by atoms with E-state index in [-0.39, 0.29) is 31.2 Å². The number of non-ortho nitro benzene ring substituents is 1. The van der Waals surface area contributed by atoms with Crippen molar-refractivity contribution in [2.24, 2.45) is 0 Å². The molecule has 0 aromatic heterocycles. The molecule has 0 saturated carbocycles. The molecule has 0 atom stereocenters. The van der Waals surface area contributed by atoms with Gasteiger partial charge in [0.25, 0.3) is 11.6 Å². The first-order chi connectivity index (χ1) is 13.3. The van der Waals surface area contributed by atoms with Gasteiger partial charge in [-0.25, -0.2) is 0 Å². The third kappa shape index (κ3) is 4.32. The van der Waals surface area contributed by atoms with E-state index in [0.717, 1.165) is 5.56 Å². The van der Waals surface area contributed by atoms with Crippen LogP contribution in [0.1, 0.15) is 29.8 Å². The Bertz CT molecular complexity index is 913. The Balaban J connectivity index is 1.80. The zero-order valence-corrected chi connectivity index (χ0v) is 15.5. The van der Waals surface area contributed by atoms with Gasteiger partial charge in [-0.1, -0.05) is 6.07 Å². The van der Waals surface area contributed by atoms with E-state index in [4.69, 9.17) is 9.47 Å². The Morgan fingerprint density at radius 1 is 1.21 bits per heavy atom. The van der Waals surface area contributed by atoms with E-state index < -0.39 is 16.4 Å². The zero-order chi connectivity index (χ0) is 20.3. The molecule has 3 N–H and O–H groups in total. The minimum Gasteiger partial charge on any atom is -0.454 e. The van der Waals surface area contributed by atoms with Crippen LogP contribution in [0.3, 0.4) is 0 Å². The number of carbonyl (C=O) groups is 1. The topological polar surface area (TPSA) is 123 Å². The molecule has 148 valence electrons. The molecule has 3 rings (SSSR count). The van der Waals surface area contributed by atoms with Crippen LogP contribution >= 0.6 is 0 Å². The van der Waals surface area contributed by atoms with Crippen LogP contribution in [0.5, 0.6) is 11.5 Å². The van der Waals surface area contributed by atoms with Gasteiger partial charge in [-0.15, -0.1) is 0 Å². The predicted molar refractivity (Wildman–Crippen MR) is 102 cm³/mol. The maximum Gasteiger partial charge on any atom is 0.270 e. The van der Waals surface area contributed by atoms with Gasteiger partial charge in [0.2, 0.25) is 6.79 Å². The summed E-state index contributed by atoms with van der Waals surface area (Å²) in [6.45, 7) is 3.70. The van der Waals surface area contributed by atoms with E-state index in [1.54, 1.807) is 32.0 Å². The van der Waals surface area contributed by atoms with Crippen LogP contribution in [0.4, 0.5) is 11.4 Å². The highest BCUT2D eigenvalue weighted by molar-refractivity contribution is 6.00. The summed E-state index contributed by atoms with van der Waals surface area (Å²) in [5.41, 5.74) is 0.417. The summed E-state index contributed by atoms with van der Waals surface area (Å²) in [7, 11) is 0. The summed E-state index contributed by atoms with van der Waals surface area (Å²) in [4.78, 5) is 23.3. The van der Waals surface area contributed by atoms with Crippen LogP contribution in [0.25, 0.3) is 0 Å². The molecule has 0 saturated heterocycles. The number of hydrogen-bond acceptors (Lipinski definition) is 7. The number of nitrogens with one attached hydrogen (secondary N) is 2. The molecule has 0 fully saturated rings. The van der Waals surface area contributed by atoms with Crippen LogP contribution in [0.15, 0.2) is 36.4 Å². The quantitative estimate of drug-likeness (QED) is 0.492. The minimum absolute atomic E-state index is 0.122. The normalized spacial score (nSPS) is 12.5. The second-order valence-corrected chi connectivity index (χ2v) is 7.02. The number of fused-ring (bicyclic) bond motifs is 1. The summed E-state index contributed by atoms with van der Waals surface area (Å²) >= 11 is 0. The van der Waals surface area contributed by atoms with Crippen molar-refractivity contribution >= 4 is 17.3 Å². The van der Waals surface area contributed by atoms with Gasteiger partial charge < -0.3 is 25.2 Å². The highest BCUT2D eigenvalue weighted by Gasteiger charge is 2.22. The standard InChI is InChI=1S/C19H21N3O6/c1-19(2,10-23)21-15-5-4-13(22(25)26)8-14(15)18(24)20-9-12-3-6-16-17(7-12)28-11-27-16/h3-8,21,23H,9-11H2,1-2H3,(H,20,24). The minimum atomic E-state index is -0.706. The number of nitro benzene ring substituents is 1. The van der Waals surface area contributed by atoms with Gasteiger partial charge >= 0.3 is 0 Å². The number of amides is 1. The molecule has 0 aliphatic carbocycles. The number of aliphatic hydroxyl groups is 1. The molecule has 0 spiro atoms. The van der Waals surface area contributed by atoms with E-state index >= 15 is 0 Å². The SMILES string of the molecule is CC(C)(CO)Nc1ccc([N+](=O)[O-])cc1C(=O)NCc1ccc2c(c1)OCO2. The summed E-state index contributed by atoms with van der Waals surface area (Å²) < 4.78 is 10.6. The van der Waals surface area contributed by atoms with Gasteiger partial charge in [-0.05, 0) is 37.6 Å². The molecule has 9 nitrogen and oxygen atoms in total. The van der Waals surface area contributed by atoms with Gasteiger partial charge in [0.1, 0.15) is 0 Å². The van der Waals surface area contributed by atoms with Crippen LogP contribution in [-0.4, -0.2) is 34.9 Å². The molecular weight excluding hydrogens is 366 g/mol. The number of carbonyl (C=O) groups excluding carboxylic acids is 1. The number of ether oxygens (including phenoxy) is 2. The number of anilines is 1. The second kappa shape index (κ2) is 7.73. The van der Waals surface area contributed by atoms with Crippen molar-refractivity contribution in [2.75, 3.05) is 18.7 Å². The van der Waals surface area contributed by atoms with Gasteiger partial charge in [-0.3, -0.25) is 14.9 Å². The summed E-state index contributed by atoms with van der Waals surface area (Å²) in [5.74, 6) is 0.776. The largest absolute Gasteiger partial charge is 0.454 e. The van der Waals surface area contributed by atoms with E-state index in [1.807, 2.05) is 0 Å². The first-order valence-electron chi connectivity index (χ1n) is 8.63. The molecule has 2 aromatic carbocycles. The number of aliphatic hydroxyl groups excluding tert-OH is 1. The van der Waals surface area contributed by atoms with Crippen molar-refractivity contribution in [3.63, 3.8) is 0 Å². The Labute approximate surface area is 161 Å². The molecule has 9 heteroatoms. The van der Waals surface area contributed by atoms with Crippen LogP contribution in [0, 0.1) is 10.1 Å². The molecule has 1 aliphatic rings. The van der Waals surface area contributed by atoms with E-state index in [2.05, 4.69) is 10.6 Å². The lowest BCUT2D eigenvalue weighted by Crippen LogP contribution is -2.36. The first kappa shape index (κ1) is 19.4. The number of hydrogen-bond donors (Lipinski definition) is 3. The maximum atomic E-state index is 12.7. The number of rotatable bonds is 7. The van der Waals surface area contributed by atoms with Crippen LogP contribution < -0.4 is 20.1 Å². The second-order valence-electron chi connectivity index (χ2n) is 7.02. The van der Waals surface area contributed by atoms with E-state index in [9.17, 15) is 20.0 Å². The molecular formula is C19H21N3O6. The molecule has 0 bridgehead atoms. The van der Waals surface area contributed by atoms with Gasteiger partial charge in [0, 0.05) is 24.4 Å². The summed E-state index contributed by atoms with van der Waals surface area (Å²) in [5, 5.41) is 26.4. The monoisotopic (exact) mass is 387 g/mol. The molecule has 0 unspecified atom stereocenters. The molecule has 1 heterocycles. The third-order valence-corrected chi connectivity index (χ3v) is 4.22. The third-order valence-electron chi connectivity index (χ3n) is 4.22.